The van der Waals surface area contributed by atoms with Gasteiger partial charge in [-0.25, -0.2) is 0 Å². The Morgan fingerprint density at radius 2 is 1.95 bits per heavy atom. The highest BCUT2D eigenvalue weighted by molar-refractivity contribution is 7.11. The lowest BCUT2D eigenvalue weighted by Crippen LogP contribution is -2.19. The number of nitrogens with zero attached hydrogens (tertiary/aromatic N) is 1. The van der Waals surface area contributed by atoms with Crippen molar-refractivity contribution in [3.63, 3.8) is 0 Å². The molecule has 0 bridgehead atoms. The molecule has 2 heterocycles. The predicted molar refractivity (Wildman–Crippen MR) is 86.2 cm³/mol. The summed E-state index contributed by atoms with van der Waals surface area (Å²) in [6.07, 6.45) is 1.29. The van der Waals surface area contributed by atoms with E-state index in [0.717, 1.165) is 13.1 Å². The number of likely N-dealkylation sites (tertiary alicyclic amines) is 1. The van der Waals surface area contributed by atoms with Crippen molar-refractivity contribution in [2.45, 2.75) is 25.4 Å². The SMILES string of the molecule is CNCc1ccc(CN2CCC(c3ccccc3)C2)s1. The van der Waals surface area contributed by atoms with Gasteiger partial charge in [-0.1, -0.05) is 30.3 Å². The van der Waals surface area contributed by atoms with Crippen LogP contribution < -0.4 is 5.32 Å². The number of hydrogen-bond donors (Lipinski definition) is 1. The van der Waals surface area contributed by atoms with Gasteiger partial charge in [0.15, 0.2) is 0 Å². The highest BCUT2D eigenvalue weighted by Crippen LogP contribution is 2.29. The van der Waals surface area contributed by atoms with E-state index in [1.165, 1.54) is 34.8 Å². The molecule has 2 nitrogen and oxygen atoms in total. The molecule has 0 radical (unpaired) electrons. The monoisotopic (exact) mass is 286 g/mol. The van der Waals surface area contributed by atoms with Crippen LogP contribution in [0.4, 0.5) is 0 Å². The van der Waals surface area contributed by atoms with Gasteiger partial charge >= 0.3 is 0 Å². The van der Waals surface area contributed by atoms with Gasteiger partial charge in [-0.2, -0.15) is 0 Å². The molecule has 1 aliphatic rings. The molecule has 0 spiro atoms. The van der Waals surface area contributed by atoms with Crippen LogP contribution in [0.1, 0.15) is 27.7 Å². The number of rotatable bonds is 5. The van der Waals surface area contributed by atoms with Crippen molar-refractivity contribution in [2.75, 3.05) is 20.1 Å². The van der Waals surface area contributed by atoms with Crippen LogP contribution in [-0.4, -0.2) is 25.0 Å². The minimum atomic E-state index is 0.716. The van der Waals surface area contributed by atoms with Crippen LogP contribution in [0.5, 0.6) is 0 Å². The summed E-state index contributed by atoms with van der Waals surface area (Å²) in [6.45, 7) is 4.51. The zero-order valence-corrected chi connectivity index (χ0v) is 12.8. The van der Waals surface area contributed by atoms with Gasteiger partial charge in [0.2, 0.25) is 0 Å². The maximum Gasteiger partial charge on any atom is 0.0328 e. The zero-order chi connectivity index (χ0) is 13.8. The second kappa shape index (κ2) is 6.53. The topological polar surface area (TPSA) is 15.3 Å². The normalized spacial score (nSPS) is 19.6. The summed E-state index contributed by atoms with van der Waals surface area (Å²) in [5.41, 5.74) is 1.50. The molecule has 0 amide bonds. The molecular weight excluding hydrogens is 264 g/mol. The largest absolute Gasteiger partial charge is 0.315 e. The van der Waals surface area contributed by atoms with Gasteiger partial charge in [-0.3, -0.25) is 4.90 Å². The molecule has 0 aliphatic carbocycles. The lowest BCUT2D eigenvalue weighted by molar-refractivity contribution is 0.330. The van der Waals surface area contributed by atoms with Crippen LogP contribution in [0.25, 0.3) is 0 Å². The molecule has 1 N–H and O–H groups in total. The Bertz CT molecular complexity index is 535. The zero-order valence-electron chi connectivity index (χ0n) is 12.0. The Balaban J connectivity index is 1.57. The maximum atomic E-state index is 3.22. The third-order valence-electron chi connectivity index (χ3n) is 3.99. The minimum Gasteiger partial charge on any atom is -0.315 e. The fraction of sp³-hybridized carbons (Fsp3) is 0.412. The summed E-state index contributed by atoms with van der Waals surface area (Å²) in [6, 6.07) is 15.5. The molecule has 1 aromatic heterocycles. The van der Waals surface area contributed by atoms with E-state index in [2.05, 4.69) is 52.7 Å². The lowest BCUT2D eigenvalue weighted by atomic mass is 9.99. The summed E-state index contributed by atoms with van der Waals surface area (Å²) in [5, 5.41) is 3.22. The third kappa shape index (κ3) is 3.29. The van der Waals surface area contributed by atoms with Crippen LogP contribution in [0.3, 0.4) is 0 Å². The van der Waals surface area contributed by atoms with Crippen LogP contribution in [-0.2, 0) is 13.1 Å². The first kappa shape index (κ1) is 13.8. The highest BCUT2D eigenvalue weighted by Gasteiger charge is 2.23. The van der Waals surface area contributed by atoms with Crippen LogP contribution in [0.2, 0.25) is 0 Å². The number of benzene rings is 1. The first-order valence-corrected chi connectivity index (χ1v) is 8.16. The molecule has 1 unspecified atom stereocenters. The smallest absolute Gasteiger partial charge is 0.0328 e. The second-order valence-electron chi connectivity index (χ2n) is 5.53. The molecule has 106 valence electrons. The lowest BCUT2D eigenvalue weighted by Gasteiger charge is -2.15. The first-order chi connectivity index (χ1) is 9.85. The number of nitrogens with one attached hydrogen (secondary N) is 1. The molecule has 1 atom stereocenters. The van der Waals surface area contributed by atoms with E-state index in [1.807, 2.05) is 18.4 Å². The molecule has 0 saturated carbocycles. The minimum absolute atomic E-state index is 0.716. The Morgan fingerprint density at radius 1 is 1.15 bits per heavy atom. The summed E-state index contributed by atoms with van der Waals surface area (Å²) in [5.74, 6) is 0.716. The van der Waals surface area contributed by atoms with Gasteiger partial charge < -0.3 is 5.32 Å². The Hall–Kier alpha value is -1.16. The first-order valence-electron chi connectivity index (χ1n) is 7.34. The average Bonchev–Trinajstić information content (AvgIpc) is 3.11. The van der Waals surface area contributed by atoms with Crippen molar-refractivity contribution in [1.82, 2.24) is 10.2 Å². The van der Waals surface area contributed by atoms with Crippen molar-refractivity contribution in [2.24, 2.45) is 0 Å². The highest BCUT2D eigenvalue weighted by atomic mass is 32.1. The molecule has 2 aromatic rings. The van der Waals surface area contributed by atoms with Crippen LogP contribution in [0, 0.1) is 0 Å². The van der Waals surface area contributed by atoms with E-state index in [4.69, 9.17) is 0 Å². The van der Waals surface area contributed by atoms with Gasteiger partial charge in [-0.15, -0.1) is 11.3 Å². The van der Waals surface area contributed by atoms with E-state index in [9.17, 15) is 0 Å². The predicted octanol–water partition coefficient (Wildman–Crippen LogP) is 3.46. The van der Waals surface area contributed by atoms with Gasteiger partial charge in [0.1, 0.15) is 0 Å². The van der Waals surface area contributed by atoms with Crippen molar-refractivity contribution in [1.29, 1.82) is 0 Å². The fourth-order valence-electron chi connectivity index (χ4n) is 2.97. The quantitative estimate of drug-likeness (QED) is 0.905. The standard InChI is InChI=1S/C17H22N2S/c1-18-11-16-7-8-17(20-16)13-19-10-9-15(12-19)14-5-3-2-4-6-14/h2-8,15,18H,9-13H2,1H3. The van der Waals surface area contributed by atoms with E-state index < -0.39 is 0 Å². The van der Waals surface area contributed by atoms with Crippen molar-refractivity contribution in [3.05, 3.63) is 57.8 Å². The molecule has 1 aliphatic heterocycles. The molecule has 1 fully saturated rings. The fourth-order valence-corrected chi connectivity index (χ4v) is 4.04. The van der Waals surface area contributed by atoms with Crippen LogP contribution >= 0.6 is 11.3 Å². The molecule has 20 heavy (non-hydrogen) atoms. The van der Waals surface area contributed by atoms with E-state index in [-0.39, 0.29) is 0 Å². The summed E-state index contributed by atoms with van der Waals surface area (Å²) in [7, 11) is 2.00. The number of thiophene rings is 1. The van der Waals surface area contributed by atoms with Crippen molar-refractivity contribution >= 4 is 11.3 Å². The summed E-state index contributed by atoms with van der Waals surface area (Å²) >= 11 is 1.94. The molecule has 1 saturated heterocycles. The third-order valence-corrected chi connectivity index (χ3v) is 5.06. The van der Waals surface area contributed by atoms with Gasteiger partial charge in [0.25, 0.3) is 0 Å². The Labute approximate surface area is 125 Å². The Kier molecular flexibility index (Phi) is 4.51. The number of hydrogen-bond acceptors (Lipinski definition) is 3. The molecular formula is C17H22N2S. The van der Waals surface area contributed by atoms with E-state index in [0.29, 0.717) is 5.92 Å². The van der Waals surface area contributed by atoms with Gasteiger partial charge in [0, 0.05) is 29.4 Å². The van der Waals surface area contributed by atoms with Crippen molar-refractivity contribution < 1.29 is 0 Å². The summed E-state index contributed by atoms with van der Waals surface area (Å²) < 4.78 is 0. The van der Waals surface area contributed by atoms with Gasteiger partial charge in [-0.05, 0) is 43.6 Å². The second-order valence-corrected chi connectivity index (χ2v) is 6.78. The van der Waals surface area contributed by atoms with Gasteiger partial charge in [0.05, 0.1) is 0 Å². The molecule has 1 aromatic carbocycles. The van der Waals surface area contributed by atoms with E-state index in [1.54, 1.807) is 0 Å². The van der Waals surface area contributed by atoms with Crippen molar-refractivity contribution in [3.8, 4) is 0 Å². The summed E-state index contributed by atoms with van der Waals surface area (Å²) in [4.78, 5) is 5.51. The van der Waals surface area contributed by atoms with E-state index >= 15 is 0 Å². The molecule has 3 heteroatoms. The Morgan fingerprint density at radius 3 is 2.75 bits per heavy atom. The van der Waals surface area contributed by atoms with Crippen LogP contribution in [0.15, 0.2) is 42.5 Å². The molecule has 3 rings (SSSR count). The maximum absolute atomic E-state index is 3.22. The average molecular weight is 286 g/mol.